The second kappa shape index (κ2) is 5.80. The molecule has 0 aliphatic rings. The van der Waals surface area contributed by atoms with E-state index in [1.165, 1.54) is 6.07 Å². The van der Waals surface area contributed by atoms with Crippen LogP contribution in [0, 0.1) is 18.6 Å². The molecular weight excluding hydrogens is 248 g/mol. The van der Waals surface area contributed by atoms with Crippen molar-refractivity contribution >= 4 is 0 Å². The molecule has 2 nitrogen and oxygen atoms in total. The van der Waals surface area contributed by atoms with Gasteiger partial charge in [-0.1, -0.05) is 23.8 Å². The number of benzene rings is 2. The highest BCUT2D eigenvalue weighted by Gasteiger charge is 2.10. The molecular formula is C15H15F2NO. The van der Waals surface area contributed by atoms with Crippen molar-refractivity contribution in [3.63, 3.8) is 0 Å². The fraction of sp³-hybridized carbons (Fsp3) is 0.200. The number of nitrogens with two attached hydrogens (primary N) is 1. The van der Waals surface area contributed by atoms with Gasteiger partial charge in [0.1, 0.15) is 12.4 Å². The Labute approximate surface area is 110 Å². The van der Waals surface area contributed by atoms with Crippen LogP contribution >= 0.6 is 0 Å². The minimum atomic E-state index is -0.900. The minimum absolute atomic E-state index is 0.203. The highest BCUT2D eigenvalue weighted by molar-refractivity contribution is 5.27. The van der Waals surface area contributed by atoms with Crippen LogP contribution in [0.3, 0.4) is 0 Å². The van der Waals surface area contributed by atoms with Gasteiger partial charge in [0, 0.05) is 0 Å². The lowest BCUT2D eigenvalue weighted by atomic mass is 10.1. The maximum Gasteiger partial charge on any atom is 0.159 e. The zero-order chi connectivity index (χ0) is 13.8. The summed E-state index contributed by atoms with van der Waals surface area (Å²) in [5.41, 5.74) is 7.52. The lowest BCUT2D eigenvalue weighted by Crippen LogP contribution is -2.19. The topological polar surface area (TPSA) is 35.2 Å². The van der Waals surface area contributed by atoms with Gasteiger partial charge in [-0.05, 0) is 36.8 Å². The van der Waals surface area contributed by atoms with E-state index in [9.17, 15) is 8.78 Å². The van der Waals surface area contributed by atoms with Crippen molar-refractivity contribution in [2.45, 2.75) is 13.0 Å². The van der Waals surface area contributed by atoms with E-state index >= 15 is 0 Å². The van der Waals surface area contributed by atoms with E-state index < -0.39 is 17.7 Å². The summed E-state index contributed by atoms with van der Waals surface area (Å²) in [5.74, 6) is -1.08. The van der Waals surface area contributed by atoms with Gasteiger partial charge < -0.3 is 10.5 Å². The van der Waals surface area contributed by atoms with E-state index in [0.29, 0.717) is 11.3 Å². The number of rotatable bonds is 4. The third-order valence-electron chi connectivity index (χ3n) is 2.82. The van der Waals surface area contributed by atoms with Crippen LogP contribution in [0.15, 0.2) is 42.5 Å². The zero-order valence-corrected chi connectivity index (χ0v) is 10.6. The Morgan fingerprint density at radius 3 is 2.37 bits per heavy atom. The van der Waals surface area contributed by atoms with Crippen LogP contribution in [0.4, 0.5) is 8.78 Å². The summed E-state index contributed by atoms with van der Waals surface area (Å²) in [5, 5.41) is 0. The van der Waals surface area contributed by atoms with Gasteiger partial charge in [-0.15, -0.1) is 0 Å². The SMILES string of the molecule is Cc1ccc(OCC(N)c2ccc(F)c(F)c2)cc1. The Hall–Kier alpha value is -1.94. The van der Waals surface area contributed by atoms with Crippen molar-refractivity contribution in [2.75, 3.05) is 6.61 Å². The van der Waals surface area contributed by atoms with Crippen LogP contribution in [-0.2, 0) is 0 Å². The van der Waals surface area contributed by atoms with Crippen molar-refractivity contribution in [1.82, 2.24) is 0 Å². The molecule has 0 bridgehead atoms. The standard InChI is InChI=1S/C15H15F2NO/c1-10-2-5-12(6-3-10)19-9-15(18)11-4-7-13(16)14(17)8-11/h2-8,15H,9,18H2,1H3. The summed E-state index contributed by atoms with van der Waals surface area (Å²) in [7, 11) is 0. The van der Waals surface area contributed by atoms with Crippen molar-refractivity contribution in [2.24, 2.45) is 5.73 Å². The van der Waals surface area contributed by atoms with Crippen LogP contribution in [0.25, 0.3) is 0 Å². The first kappa shape index (κ1) is 13.5. The molecule has 0 aromatic heterocycles. The smallest absolute Gasteiger partial charge is 0.159 e. The Morgan fingerprint density at radius 1 is 1.05 bits per heavy atom. The molecule has 2 N–H and O–H groups in total. The van der Waals surface area contributed by atoms with Crippen molar-refractivity contribution < 1.29 is 13.5 Å². The second-order valence-corrected chi connectivity index (χ2v) is 4.40. The highest BCUT2D eigenvalue weighted by Crippen LogP contribution is 2.17. The van der Waals surface area contributed by atoms with E-state index in [1.807, 2.05) is 31.2 Å². The van der Waals surface area contributed by atoms with Crippen molar-refractivity contribution in [1.29, 1.82) is 0 Å². The molecule has 0 heterocycles. The summed E-state index contributed by atoms with van der Waals surface area (Å²) >= 11 is 0. The molecule has 2 aromatic carbocycles. The van der Waals surface area contributed by atoms with Crippen molar-refractivity contribution in [3.05, 3.63) is 65.2 Å². The lowest BCUT2D eigenvalue weighted by Gasteiger charge is -2.14. The lowest BCUT2D eigenvalue weighted by molar-refractivity contribution is 0.290. The van der Waals surface area contributed by atoms with Crippen LogP contribution in [0.2, 0.25) is 0 Å². The van der Waals surface area contributed by atoms with Gasteiger partial charge in [0.2, 0.25) is 0 Å². The number of hydrogen-bond acceptors (Lipinski definition) is 2. The maximum atomic E-state index is 13.1. The van der Waals surface area contributed by atoms with Crippen LogP contribution in [0.1, 0.15) is 17.2 Å². The second-order valence-electron chi connectivity index (χ2n) is 4.40. The highest BCUT2D eigenvalue weighted by atomic mass is 19.2. The summed E-state index contributed by atoms with van der Waals surface area (Å²) in [6.45, 7) is 2.19. The Bertz CT molecular complexity index is 555. The third-order valence-corrected chi connectivity index (χ3v) is 2.82. The van der Waals surface area contributed by atoms with Crippen LogP contribution in [0.5, 0.6) is 5.75 Å². The molecule has 0 spiro atoms. The summed E-state index contributed by atoms with van der Waals surface area (Å²) < 4.78 is 31.4. The molecule has 0 amide bonds. The predicted octanol–water partition coefficient (Wildman–Crippen LogP) is 3.35. The molecule has 0 fully saturated rings. The average Bonchev–Trinajstić information content (AvgIpc) is 2.41. The normalized spacial score (nSPS) is 12.2. The molecule has 2 aromatic rings. The van der Waals surface area contributed by atoms with E-state index in [0.717, 1.165) is 17.7 Å². The van der Waals surface area contributed by atoms with Gasteiger partial charge >= 0.3 is 0 Å². The van der Waals surface area contributed by atoms with Crippen molar-refractivity contribution in [3.8, 4) is 5.75 Å². The fourth-order valence-electron chi connectivity index (χ4n) is 1.66. The molecule has 0 aliphatic heterocycles. The molecule has 2 rings (SSSR count). The molecule has 0 saturated carbocycles. The molecule has 19 heavy (non-hydrogen) atoms. The minimum Gasteiger partial charge on any atom is -0.492 e. The fourth-order valence-corrected chi connectivity index (χ4v) is 1.66. The number of halogens is 2. The molecule has 100 valence electrons. The quantitative estimate of drug-likeness (QED) is 0.918. The van der Waals surface area contributed by atoms with Crippen LogP contribution in [-0.4, -0.2) is 6.61 Å². The zero-order valence-electron chi connectivity index (χ0n) is 10.6. The van der Waals surface area contributed by atoms with Gasteiger partial charge in [0.25, 0.3) is 0 Å². The first-order valence-electron chi connectivity index (χ1n) is 5.96. The number of ether oxygens (including phenoxy) is 1. The molecule has 0 aliphatic carbocycles. The summed E-state index contributed by atoms with van der Waals surface area (Å²) in [6.07, 6.45) is 0. The van der Waals surface area contributed by atoms with E-state index in [-0.39, 0.29) is 6.61 Å². The molecule has 0 radical (unpaired) electrons. The Morgan fingerprint density at radius 2 is 1.74 bits per heavy atom. The monoisotopic (exact) mass is 263 g/mol. The Balaban J connectivity index is 1.98. The van der Waals surface area contributed by atoms with Gasteiger partial charge in [0.05, 0.1) is 6.04 Å². The molecule has 1 atom stereocenters. The van der Waals surface area contributed by atoms with Crippen LogP contribution < -0.4 is 10.5 Å². The summed E-state index contributed by atoms with van der Waals surface area (Å²) in [6, 6.07) is 10.7. The third kappa shape index (κ3) is 3.51. The van der Waals surface area contributed by atoms with Gasteiger partial charge in [-0.2, -0.15) is 0 Å². The van der Waals surface area contributed by atoms with E-state index in [1.54, 1.807) is 0 Å². The molecule has 0 saturated heterocycles. The largest absolute Gasteiger partial charge is 0.492 e. The number of hydrogen-bond donors (Lipinski definition) is 1. The maximum absolute atomic E-state index is 13.1. The van der Waals surface area contributed by atoms with Gasteiger partial charge in [-0.25, -0.2) is 8.78 Å². The van der Waals surface area contributed by atoms with E-state index in [2.05, 4.69) is 0 Å². The first-order chi connectivity index (χ1) is 9.06. The van der Waals surface area contributed by atoms with Gasteiger partial charge in [0.15, 0.2) is 11.6 Å². The predicted molar refractivity (Wildman–Crippen MR) is 70.0 cm³/mol. The molecule has 4 heteroatoms. The summed E-state index contributed by atoms with van der Waals surface area (Å²) in [4.78, 5) is 0. The van der Waals surface area contributed by atoms with E-state index in [4.69, 9.17) is 10.5 Å². The Kier molecular flexibility index (Phi) is 4.12. The number of aryl methyl sites for hydroxylation is 1. The average molecular weight is 263 g/mol. The molecule has 1 unspecified atom stereocenters. The van der Waals surface area contributed by atoms with Gasteiger partial charge in [-0.3, -0.25) is 0 Å². The first-order valence-corrected chi connectivity index (χ1v) is 5.96.